The molecule has 0 aromatic heterocycles. The second-order valence-corrected chi connectivity index (χ2v) is 19.3. The molecule has 5 aromatic rings. The summed E-state index contributed by atoms with van der Waals surface area (Å²) in [5, 5.41) is 7.10. The summed E-state index contributed by atoms with van der Waals surface area (Å²) in [4.78, 5) is 0. The molecule has 0 nitrogen and oxygen atoms in total. The third kappa shape index (κ3) is 9.85. The largest absolute Gasteiger partial charge is 1.00 e. The van der Waals surface area contributed by atoms with Crippen LogP contribution in [0.2, 0.25) is 10.0 Å². The Hall–Kier alpha value is -2.38. The molecule has 1 unspecified atom stereocenters. The van der Waals surface area contributed by atoms with Crippen molar-refractivity contribution < 1.29 is 49.0 Å². The van der Waals surface area contributed by atoms with Gasteiger partial charge in [-0.3, -0.25) is 6.08 Å². The van der Waals surface area contributed by atoms with Crippen LogP contribution >= 0.6 is 23.2 Å². The molecule has 5 aromatic carbocycles. The van der Waals surface area contributed by atoms with Gasteiger partial charge in [0.25, 0.3) is 0 Å². The van der Waals surface area contributed by atoms with Crippen molar-refractivity contribution in [3.8, 4) is 0 Å². The molecule has 5 heteroatoms. The summed E-state index contributed by atoms with van der Waals surface area (Å²) in [5.41, 5.74) is 13.0. The first-order valence-electron chi connectivity index (χ1n) is 18.9. The van der Waals surface area contributed by atoms with E-state index >= 15 is 0 Å². The Labute approximate surface area is 367 Å². The van der Waals surface area contributed by atoms with Crippen molar-refractivity contribution in [1.29, 1.82) is 0 Å². The fourth-order valence-corrected chi connectivity index (χ4v) is 9.27. The van der Waals surface area contributed by atoms with Crippen LogP contribution in [0.3, 0.4) is 0 Å². The van der Waals surface area contributed by atoms with Crippen LogP contribution in [0.15, 0.2) is 109 Å². The summed E-state index contributed by atoms with van der Waals surface area (Å²) in [6, 6.07) is 27.9. The summed E-state index contributed by atoms with van der Waals surface area (Å²) < 4.78 is 1.26. The number of rotatable bonds is 4. The Kier molecular flexibility index (Phi) is 14.5. The van der Waals surface area contributed by atoms with Crippen LogP contribution in [0.5, 0.6) is 0 Å². The first-order valence-corrected chi connectivity index (χ1v) is 20.9. The van der Waals surface area contributed by atoms with Gasteiger partial charge in [-0.05, 0) is 36.1 Å². The second-order valence-electron chi connectivity index (χ2n) is 17.2. The maximum absolute atomic E-state index is 5.98. The van der Waals surface area contributed by atoms with Gasteiger partial charge in [0.2, 0.25) is 0 Å². The predicted molar refractivity (Wildman–Crippen MR) is 230 cm³/mol. The van der Waals surface area contributed by atoms with Crippen molar-refractivity contribution in [2.24, 2.45) is 11.3 Å². The summed E-state index contributed by atoms with van der Waals surface area (Å²) in [6.07, 6.45) is 15.2. The van der Waals surface area contributed by atoms with Gasteiger partial charge in [0.05, 0.1) is 0 Å². The van der Waals surface area contributed by atoms with Gasteiger partial charge in [0.1, 0.15) is 0 Å². The van der Waals surface area contributed by atoms with Gasteiger partial charge < -0.3 is 24.8 Å². The molecule has 0 saturated heterocycles. The number of hydrogen-bond donors (Lipinski definition) is 0. The zero-order chi connectivity index (χ0) is 38.5. The molecule has 0 saturated carbocycles. The maximum atomic E-state index is 5.98. The van der Waals surface area contributed by atoms with Gasteiger partial charge in [0.15, 0.2) is 0 Å². The Morgan fingerprint density at radius 3 is 1.58 bits per heavy atom. The summed E-state index contributed by atoms with van der Waals surface area (Å²) in [5.74, 6) is 0.587. The Bertz CT molecular complexity index is 2220. The van der Waals surface area contributed by atoms with E-state index in [4.69, 9.17) is 23.2 Å². The molecule has 3 aliphatic carbocycles. The fourth-order valence-electron chi connectivity index (χ4n) is 8.13. The molecular weight excluding hydrogens is 834 g/mol. The monoisotopic (exact) mass is 882 g/mol. The van der Waals surface area contributed by atoms with Crippen LogP contribution in [0, 0.1) is 17.4 Å². The van der Waals surface area contributed by atoms with E-state index in [-0.39, 0.29) is 35.6 Å². The molecule has 1 atom stereocenters. The average Bonchev–Trinajstić information content (AvgIpc) is 3.81. The SMILES string of the molecule is CC1=CC(C)(C)c2cc3[cH-]c4cc5c(cc4c3cc21)C(C)=CC5(C)C.CCCC1[C-]=CC(C(C)(C)C)=C1.Clc1cccc([C](=[Zr+2])c2cccc(Cl)c2)c1.[Cl-].[Cl-]. The Morgan fingerprint density at radius 1 is 0.745 bits per heavy atom. The Morgan fingerprint density at radius 2 is 1.20 bits per heavy atom. The van der Waals surface area contributed by atoms with Crippen LogP contribution in [-0.4, -0.2) is 3.21 Å². The number of allylic oxidation sites excluding steroid dienone is 8. The van der Waals surface area contributed by atoms with E-state index in [0.717, 1.165) is 21.2 Å². The third-order valence-corrected chi connectivity index (χ3v) is 12.8. The van der Waals surface area contributed by atoms with Gasteiger partial charge >= 0.3 is 120 Å². The standard InChI is InChI=1S/C25H25.C13H8Cl2.C12H19.2ClH.Zr/c1-14-12-24(3,4)22-8-16-7-17-9-23-19(15(2)13-25(23,5)6)11-21(17)20(16)10-18(14)22;14-12-5-1-3-10(8-12)7-11-4-2-6-13(15)9-11;1-5-6-10-7-8-11(9-10)12(2,3)4;;;/h7-13H,1-6H3;1-6,8-9H;8-10H,5-6H2,1-4H3;2*1H;/q-1;;-1;;;+2/p-2. The fraction of sp³-hybridized carbons (Fsp3) is 0.320. The van der Waals surface area contributed by atoms with Crippen molar-refractivity contribution >= 4 is 59.1 Å². The minimum atomic E-state index is 0. The molecule has 0 aliphatic heterocycles. The van der Waals surface area contributed by atoms with Crippen molar-refractivity contribution in [3.63, 3.8) is 0 Å². The molecule has 0 amide bonds. The zero-order valence-corrected chi connectivity index (χ0v) is 39.3. The summed E-state index contributed by atoms with van der Waals surface area (Å²) >= 11 is 13.3. The number of halogens is 4. The van der Waals surface area contributed by atoms with Crippen molar-refractivity contribution in [1.82, 2.24) is 0 Å². The number of hydrogen-bond acceptors (Lipinski definition) is 0. The van der Waals surface area contributed by atoms with Crippen LogP contribution in [0.1, 0.15) is 115 Å². The minimum Gasteiger partial charge on any atom is -1.00 e. The molecule has 286 valence electrons. The van der Waals surface area contributed by atoms with E-state index in [1.807, 2.05) is 36.4 Å². The van der Waals surface area contributed by atoms with Gasteiger partial charge in [0, 0.05) is 10.8 Å². The molecule has 0 fully saturated rings. The molecule has 8 rings (SSSR count). The van der Waals surface area contributed by atoms with Gasteiger partial charge in [-0.15, -0.1) is 39.7 Å². The smallest absolute Gasteiger partial charge is 1.00 e. The summed E-state index contributed by atoms with van der Waals surface area (Å²) in [7, 11) is 0. The van der Waals surface area contributed by atoms with Crippen molar-refractivity contribution in [3.05, 3.63) is 158 Å². The third-order valence-electron chi connectivity index (χ3n) is 10.9. The predicted octanol–water partition coefficient (Wildman–Crippen LogP) is 8.97. The second kappa shape index (κ2) is 17.6. The van der Waals surface area contributed by atoms with Crippen LogP contribution in [0.25, 0.3) is 32.7 Å². The van der Waals surface area contributed by atoms with Crippen LogP contribution < -0.4 is 24.8 Å². The van der Waals surface area contributed by atoms with Gasteiger partial charge in [-0.1, -0.05) is 115 Å². The molecule has 0 radical (unpaired) electrons. The van der Waals surface area contributed by atoms with Crippen LogP contribution in [-0.2, 0) is 35.1 Å². The quantitative estimate of drug-likeness (QED) is 0.158. The molecule has 0 N–H and O–H groups in total. The first kappa shape index (κ1) is 45.3. The van der Waals surface area contributed by atoms with E-state index < -0.39 is 0 Å². The van der Waals surface area contributed by atoms with Crippen LogP contribution in [0.4, 0.5) is 0 Å². The normalized spacial score (nSPS) is 17.1. The molecule has 0 spiro atoms. The van der Waals surface area contributed by atoms with E-state index in [1.165, 1.54) is 101 Å². The molecule has 55 heavy (non-hydrogen) atoms. The van der Waals surface area contributed by atoms with Gasteiger partial charge in [-0.2, -0.15) is 11.6 Å². The van der Waals surface area contributed by atoms with Gasteiger partial charge in [-0.25, -0.2) is 6.08 Å². The molecular formula is C50H52Cl4Zr-2. The number of benzene rings is 4. The molecule has 0 bridgehead atoms. The van der Waals surface area contributed by atoms with E-state index in [1.54, 1.807) is 0 Å². The van der Waals surface area contributed by atoms with E-state index in [2.05, 4.69) is 142 Å². The topological polar surface area (TPSA) is 0 Å². The molecule has 0 heterocycles. The average molecular weight is 886 g/mol. The maximum Gasteiger partial charge on any atom is -1.00 e. The van der Waals surface area contributed by atoms with Crippen molar-refractivity contribution in [2.75, 3.05) is 0 Å². The summed E-state index contributed by atoms with van der Waals surface area (Å²) in [6.45, 7) is 22.8. The zero-order valence-electron chi connectivity index (χ0n) is 33.8. The van der Waals surface area contributed by atoms with Crippen molar-refractivity contribution in [2.45, 2.75) is 92.9 Å². The number of fused-ring (bicyclic) bond motifs is 5. The first-order chi connectivity index (χ1) is 24.9. The van der Waals surface area contributed by atoms with E-state index in [0.29, 0.717) is 11.3 Å². The Balaban J connectivity index is 0.000000195. The molecule has 3 aliphatic rings. The minimum absolute atomic E-state index is 0. The van der Waals surface area contributed by atoms with E-state index in [9.17, 15) is 0 Å².